The maximum Gasteiger partial charge on any atom is 0.270 e. The SMILES string of the molecule is CNC(=O)c1csc(C(=O)C2=CCc3ccccc32)n1. The van der Waals surface area contributed by atoms with Crippen molar-refractivity contribution in [3.63, 3.8) is 0 Å². The molecule has 0 radical (unpaired) electrons. The summed E-state index contributed by atoms with van der Waals surface area (Å²) in [7, 11) is 1.54. The van der Waals surface area contributed by atoms with Crippen LogP contribution in [0.2, 0.25) is 0 Å². The molecule has 0 saturated heterocycles. The topological polar surface area (TPSA) is 59.1 Å². The number of ketones is 1. The van der Waals surface area contributed by atoms with Gasteiger partial charge in [0.05, 0.1) is 0 Å². The molecule has 0 atom stereocenters. The predicted octanol–water partition coefficient (Wildman–Crippen LogP) is 2.33. The molecular weight excluding hydrogens is 272 g/mol. The summed E-state index contributed by atoms with van der Waals surface area (Å²) in [5, 5.41) is 4.46. The number of hydrogen-bond donors (Lipinski definition) is 1. The van der Waals surface area contributed by atoms with Gasteiger partial charge in [-0.15, -0.1) is 11.3 Å². The Morgan fingerprint density at radius 2 is 2.10 bits per heavy atom. The molecule has 2 aromatic rings. The smallest absolute Gasteiger partial charge is 0.270 e. The number of Topliss-reactive ketones (excluding diaryl/α,β-unsaturated/α-hetero) is 1. The number of hydrogen-bond acceptors (Lipinski definition) is 4. The number of carbonyl (C=O) groups is 2. The second kappa shape index (κ2) is 5.02. The highest BCUT2D eigenvalue weighted by Crippen LogP contribution is 2.30. The molecule has 1 aliphatic carbocycles. The fraction of sp³-hybridized carbons (Fsp3) is 0.133. The molecule has 0 spiro atoms. The predicted molar refractivity (Wildman–Crippen MR) is 78.0 cm³/mol. The van der Waals surface area contributed by atoms with Crippen molar-refractivity contribution in [1.82, 2.24) is 10.3 Å². The van der Waals surface area contributed by atoms with E-state index in [1.54, 1.807) is 12.4 Å². The second-order valence-electron chi connectivity index (χ2n) is 4.43. The molecule has 3 rings (SSSR count). The lowest BCUT2D eigenvalue weighted by molar-refractivity contribution is 0.0959. The van der Waals surface area contributed by atoms with Crippen LogP contribution in [-0.2, 0) is 6.42 Å². The molecule has 20 heavy (non-hydrogen) atoms. The molecule has 1 amide bonds. The normalized spacial score (nSPS) is 12.8. The number of benzene rings is 1. The van der Waals surface area contributed by atoms with E-state index >= 15 is 0 Å². The van der Waals surface area contributed by atoms with Crippen molar-refractivity contribution in [2.24, 2.45) is 0 Å². The number of amides is 1. The summed E-state index contributed by atoms with van der Waals surface area (Å²) in [6.07, 6.45) is 2.69. The average molecular weight is 284 g/mol. The first kappa shape index (κ1) is 12.7. The fourth-order valence-electron chi connectivity index (χ4n) is 2.22. The summed E-state index contributed by atoms with van der Waals surface area (Å²) in [5.74, 6) is -0.392. The lowest BCUT2D eigenvalue weighted by atomic mass is 10.0. The van der Waals surface area contributed by atoms with Gasteiger partial charge in [-0.05, 0) is 17.5 Å². The van der Waals surface area contributed by atoms with E-state index < -0.39 is 0 Å². The van der Waals surface area contributed by atoms with Crippen molar-refractivity contribution < 1.29 is 9.59 Å². The standard InChI is InChI=1S/C15H12N2O2S/c1-16-14(19)12-8-20-15(17-12)13(18)11-7-6-9-4-2-3-5-10(9)11/h2-5,7-8H,6H2,1H3,(H,16,19). The van der Waals surface area contributed by atoms with Crippen molar-refractivity contribution in [3.8, 4) is 0 Å². The number of aromatic nitrogens is 1. The molecule has 1 aromatic carbocycles. The van der Waals surface area contributed by atoms with Crippen LogP contribution in [0.4, 0.5) is 0 Å². The minimum absolute atomic E-state index is 0.116. The van der Waals surface area contributed by atoms with Gasteiger partial charge in [-0.3, -0.25) is 9.59 Å². The van der Waals surface area contributed by atoms with Crippen molar-refractivity contribution in [3.05, 3.63) is 57.6 Å². The third kappa shape index (κ3) is 2.06. The quantitative estimate of drug-likeness (QED) is 0.880. The zero-order valence-corrected chi connectivity index (χ0v) is 11.7. The minimum Gasteiger partial charge on any atom is -0.354 e. The molecule has 0 bridgehead atoms. The van der Waals surface area contributed by atoms with Gasteiger partial charge in [-0.1, -0.05) is 30.3 Å². The van der Waals surface area contributed by atoms with Crippen LogP contribution in [0.5, 0.6) is 0 Å². The molecule has 0 fully saturated rings. The Bertz CT molecular complexity index is 731. The van der Waals surface area contributed by atoms with Gasteiger partial charge in [0.2, 0.25) is 5.78 Å². The summed E-state index contributed by atoms with van der Waals surface area (Å²) in [5.41, 5.74) is 3.08. The van der Waals surface area contributed by atoms with Crippen LogP contribution >= 0.6 is 11.3 Å². The first-order valence-corrected chi connectivity index (χ1v) is 7.09. The van der Waals surface area contributed by atoms with E-state index in [0.717, 1.165) is 17.5 Å². The van der Waals surface area contributed by atoms with E-state index in [1.165, 1.54) is 11.3 Å². The molecule has 1 aliphatic rings. The van der Waals surface area contributed by atoms with Crippen LogP contribution in [-0.4, -0.2) is 23.7 Å². The fourth-order valence-corrected chi connectivity index (χ4v) is 2.97. The Kier molecular flexibility index (Phi) is 3.20. The third-order valence-corrected chi connectivity index (χ3v) is 4.08. The molecule has 100 valence electrons. The Labute approximate surface area is 120 Å². The van der Waals surface area contributed by atoms with Crippen LogP contribution < -0.4 is 5.32 Å². The van der Waals surface area contributed by atoms with E-state index in [0.29, 0.717) is 10.6 Å². The van der Waals surface area contributed by atoms with Crippen molar-refractivity contribution >= 4 is 28.6 Å². The molecule has 0 saturated carbocycles. The van der Waals surface area contributed by atoms with E-state index in [1.807, 2.05) is 30.3 Å². The van der Waals surface area contributed by atoms with Crippen LogP contribution in [0.25, 0.3) is 5.57 Å². The highest BCUT2D eigenvalue weighted by atomic mass is 32.1. The number of rotatable bonds is 3. The van der Waals surface area contributed by atoms with E-state index in [-0.39, 0.29) is 17.4 Å². The summed E-state index contributed by atoms with van der Waals surface area (Å²) >= 11 is 1.20. The molecule has 4 nitrogen and oxygen atoms in total. The highest BCUT2D eigenvalue weighted by Gasteiger charge is 2.23. The second-order valence-corrected chi connectivity index (χ2v) is 5.28. The van der Waals surface area contributed by atoms with Gasteiger partial charge in [0, 0.05) is 18.0 Å². The van der Waals surface area contributed by atoms with Crippen LogP contribution in [0, 0.1) is 0 Å². The molecular formula is C15H12N2O2S. The first-order chi connectivity index (χ1) is 9.70. The van der Waals surface area contributed by atoms with Gasteiger partial charge in [0.25, 0.3) is 5.91 Å². The molecule has 1 heterocycles. The molecule has 1 aromatic heterocycles. The summed E-state index contributed by atoms with van der Waals surface area (Å²) < 4.78 is 0. The maximum absolute atomic E-state index is 12.5. The van der Waals surface area contributed by atoms with Gasteiger partial charge >= 0.3 is 0 Å². The van der Waals surface area contributed by atoms with Crippen molar-refractivity contribution in [2.45, 2.75) is 6.42 Å². The molecule has 5 heteroatoms. The number of carbonyl (C=O) groups excluding carboxylic acids is 2. The Morgan fingerprint density at radius 1 is 1.30 bits per heavy atom. The van der Waals surface area contributed by atoms with Gasteiger partial charge in [0.15, 0.2) is 5.01 Å². The maximum atomic E-state index is 12.5. The number of nitrogens with zero attached hydrogens (tertiary/aromatic N) is 1. The zero-order chi connectivity index (χ0) is 14.1. The van der Waals surface area contributed by atoms with Crippen LogP contribution in [0.1, 0.15) is 31.4 Å². The van der Waals surface area contributed by atoms with E-state index in [2.05, 4.69) is 10.3 Å². The largest absolute Gasteiger partial charge is 0.354 e. The van der Waals surface area contributed by atoms with E-state index in [4.69, 9.17) is 0 Å². The number of fused-ring (bicyclic) bond motifs is 1. The van der Waals surface area contributed by atoms with Gasteiger partial charge in [-0.25, -0.2) is 4.98 Å². The summed E-state index contributed by atoms with van der Waals surface area (Å²) in [6, 6.07) is 7.85. The third-order valence-electron chi connectivity index (χ3n) is 3.24. The van der Waals surface area contributed by atoms with Crippen LogP contribution in [0.15, 0.2) is 35.7 Å². The van der Waals surface area contributed by atoms with Crippen LogP contribution in [0.3, 0.4) is 0 Å². The first-order valence-electron chi connectivity index (χ1n) is 6.21. The van der Waals surface area contributed by atoms with Gasteiger partial charge < -0.3 is 5.32 Å². The highest BCUT2D eigenvalue weighted by molar-refractivity contribution is 7.12. The van der Waals surface area contributed by atoms with Crippen molar-refractivity contribution in [2.75, 3.05) is 7.05 Å². The number of nitrogens with one attached hydrogen (secondary N) is 1. The Morgan fingerprint density at radius 3 is 2.90 bits per heavy atom. The molecule has 0 unspecified atom stereocenters. The van der Waals surface area contributed by atoms with E-state index in [9.17, 15) is 9.59 Å². The summed E-state index contributed by atoms with van der Waals surface area (Å²) in [4.78, 5) is 28.1. The monoisotopic (exact) mass is 284 g/mol. The molecule has 0 aliphatic heterocycles. The lowest BCUT2D eigenvalue weighted by Crippen LogP contribution is -2.18. The number of allylic oxidation sites excluding steroid dienone is 2. The summed E-state index contributed by atoms with van der Waals surface area (Å²) in [6.45, 7) is 0. The van der Waals surface area contributed by atoms with Crippen molar-refractivity contribution in [1.29, 1.82) is 0 Å². The number of thiazole rings is 1. The molecule has 1 N–H and O–H groups in total. The minimum atomic E-state index is -0.277. The van der Waals surface area contributed by atoms with Gasteiger partial charge in [-0.2, -0.15) is 0 Å². The zero-order valence-electron chi connectivity index (χ0n) is 10.8. The Hall–Kier alpha value is -2.27. The van der Waals surface area contributed by atoms with Gasteiger partial charge in [0.1, 0.15) is 5.69 Å². The Balaban J connectivity index is 1.91. The average Bonchev–Trinajstić information content (AvgIpc) is 3.12. The lowest BCUT2D eigenvalue weighted by Gasteiger charge is -2.02.